The number of aryl methyl sites for hydroxylation is 1. The molecule has 0 radical (unpaired) electrons. The summed E-state index contributed by atoms with van der Waals surface area (Å²) < 4.78 is 0. The fourth-order valence-electron chi connectivity index (χ4n) is 3.80. The Morgan fingerprint density at radius 2 is 1.30 bits per heavy atom. The lowest BCUT2D eigenvalue weighted by Crippen LogP contribution is -2.50. The Kier molecular flexibility index (Phi) is 7.19. The van der Waals surface area contributed by atoms with Gasteiger partial charge < -0.3 is 15.1 Å². The molecule has 4 rings (SSSR count). The molecule has 1 saturated heterocycles. The Labute approximate surface area is 197 Å². The van der Waals surface area contributed by atoms with Crippen molar-refractivity contribution >= 4 is 29.1 Å². The van der Waals surface area contributed by atoms with Crippen LogP contribution in [0, 0.1) is 0 Å². The van der Waals surface area contributed by atoms with Crippen LogP contribution in [0.25, 0.3) is 0 Å². The Morgan fingerprint density at radius 1 is 0.788 bits per heavy atom. The van der Waals surface area contributed by atoms with Crippen molar-refractivity contribution in [3.63, 3.8) is 0 Å². The van der Waals surface area contributed by atoms with Crippen LogP contribution in [0.4, 0.5) is 0 Å². The molecule has 2 aromatic carbocycles. The summed E-state index contributed by atoms with van der Waals surface area (Å²) in [4.78, 5) is 42.0. The van der Waals surface area contributed by atoms with Crippen LogP contribution in [0.15, 0.2) is 66.0 Å². The lowest BCUT2D eigenvalue weighted by Gasteiger charge is -2.35. The van der Waals surface area contributed by atoms with Crippen molar-refractivity contribution in [1.29, 1.82) is 0 Å². The molecule has 3 aromatic rings. The molecule has 7 heteroatoms. The van der Waals surface area contributed by atoms with Gasteiger partial charge in [0.1, 0.15) is 0 Å². The highest BCUT2D eigenvalue weighted by molar-refractivity contribution is 7.12. The highest BCUT2D eigenvalue weighted by atomic mass is 32.1. The number of benzene rings is 2. The third-order valence-corrected chi connectivity index (χ3v) is 6.73. The van der Waals surface area contributed by atoms with Crippen LogP contribution in [-0.4, -0.2) is 53.7 Å². The molecule has 0 aliphatic carbocycles. The minimum absolute atomic E-state index is 0.0127. The Morgan fingerprint density at radius 3 is 1.76 bits per heavy atom. The van der Waals surface area contributed by atoms with E-state index in [1.54, 1.807) is 23.1 Å². The SMILES string of the molecule is CCc1ccc(C(=O)N2CCN(C(=O)c3ccc(CNC(=O)c4cccs4)cc3)CC2)cc1. The predicted octanol–water partition coefficient (Wildman–Crippen LogP) is 3.84. The topological polar surface area (TPSA) is 69.7 Å². The number of thiophene rings is 1. The summed E-state index contributed by atoms with van der Waals surface area (Å²) in [6.07, 6.45) is 0.944. The first-order chi connectivity index (χ1) is 16.0. The Bertz CT molecular complexity index is 1100. The van der Waals surface area contributed by atoms with Gasteiger partial charge in [-0.15, -0.1) is 11.3 Å². The third-order valence-electron chi connectivity index (χ3n) is 5.86. The average Bonchev–Trinajstić information content (AvgIpc) is 3.42. The van der Waals surface area contributed by atoms with E-state index in [1.165, 1.54) is 16.9 Å². The van der Waals surface area contributed by atoms with Crippen molar-refractivity contribution in [2.75, 3.05) is 26.2 Å². The summed E-state index contributed by atoms with van der Waals surface area (Å²) in [6.45, 7) is 4.56. The number of piperazine rings is 1. The Hall–Kier alpha value is -3.45. The van der Waals surface area contributed by atoms with E-state index >= 15 is 0 Å². The molecule has 1 aliphatic heterocycles. The summed E-state index contributed by atoms with van der Waals surface area (Å²) in [5.74, 6) is -0.124. The highest BCUT2D eigenvalue weighted by Crippen LogP contribution is 2.14. The molecule has 0 unspecified atom stereocenters. The van der Waals surface area contributed by atoms with Crippen molar-refractivity contribution in [3.05, 3.63) is 93.2 Å². The fourth-order valence-corrected chi connectivity index (χ4v) is 4.44. The van der Waals surface area contributed by atoms with Gasteiger partial charge in [-0.2, -0.15) is 0 Å². The van der Waals surface area contributed by atoms with E-state index in [-0.39, 0.29) is 17.7 Å². The van der Waals surface area contributed by atoms with Gasteiger partial charge in [0.05, 0.1) is 4.88 Å². The lowest BCUT2D eigenvalue weighted by atomic mass is 10.1. The first kappa shape index (κ1) is 22.7. The predicted molar refractivity (Wildman–Crippen MR) is 130 cm³/mol. The van der Waals surface area contributed by atoms with Crippen molar-refractivity contribution in [2.24, 2.45) is 0 Å². The van der Waals surface area contributed by atoms with E-state index in [4.69, 9.17) is 0 Å². The van der Waals surface area contributed by atoms with E-state index in [9.17, 15) is 14.4 Å². The van der Waals surface area contributed by atoms with E-state index < -0.39 is 0 Å². The molecule has 2 heterocycles. The van der Waals surface area contributed by atoms with Crippen LogP contribution in [0.1, 0.15) is 48.4 Å². The van der Waals surface area contributed by atoms with Crippen LogP contribution >= 0.6 is 11.3 Å². The number of carbonyl (C=O) groups excluding carboxylic acids is 3. The summed E-state index contributed by atoms with van der Waals surface area (Å²) in [5, 5.41) is 4.76. The van der Waals surface area contributed by atoms with Crippen molar-refractivity contribution in [1.82, 2.24) is 15.1 Å². The maximum atomic E-state index is 12.9. The molecule has 6 nitrogen and oxygen atoms in total. The number of rotatable bonds is 6. The number of carbonyl (C=O) groups is 3. The highest BCUT2D eigenvalue weighted by Gasteiger charge is 2.25. The van der Waals surface area contributed by atoms with Gasteiger partial charge in [-0.25, -0.2) is 0 Å². The molecule has 0 spiro atoms. The summed E-state index contributed by atoms with van der Waals surface area (Å²) >= 11 is 1.40. The van der Waals surface area contributed by atoms with Crippen LogP contribution in [0.2, 0.25) is 0 Å². The van der Waals surface area contributed by atoms with Crippen molar-refractivity contribution < 1.29 is 14.4 Å². The minimum atomic E-state index is -0.0983. The maximum absolute atomic E-state index is 12.9. The van der Waals surface area contributed by atoms with Crippen LogP contribution in [-0.2, 0) is 13.0 Å². The standard InChI is InChI=1S/C26H27N3O3S/c1-2-19-5-9-21(10-6-19)25(31)28-13-15-29(16-14-28)26(32)22-11-7-20(8-12-22)18-27-24(30)23-4-3-17-33-23/h3-12,17H,2,13-16,18H2,1H3,(H,27,30). The smallest absolute Gasteiger partial charge is 0.261 e. The molecular formula is C26H27N3O3S. The number of amides is 3. The van der Waals surface area contributed by atoms with E-state index in [1.807, 2.05) is 52.7 Å². The third kappa shape index (κ3) is 5.49. The van der Waals surface area contributed by atoms with Crippen LogP contribution < -0.4 is 5.32 Å². The molecule has 33 heavy (non-hydrogen) atoms. The lowest BCUT2D eigenvalue weighted by molar-refractivity contribution is 0.0535. The average molecular weight is 462 g/mol. The molecule has 0 saturated carbocycles. The van der Waals surface area contributed by atoms with Gasteiger partial charge in [-0.1, -0.05) is 37.3 Å². The molecule has 1 fully saturated rings. The van der Waals surface area contributed by atoms with Gasteiger partial charge in [0.15, 0.2) is 0 Å². The fraction of sp³-hybridized carbons (Fsp3) is 0.269. The number of hydrogen-bond acceptors (Lipinski definition) is 4. The maximum Gasteiger partial charge on any atom is 0.261 e. The molecular weight excluding hydrogens is 434 g/mol. The second-order valence-corrected chi connectivity index (χ2v) is 8.94. The molecule has 1 N–H and O–H groups in total. The number of nitrogens with zero attached hydrogens (tertiary/aromatic N) is 2. The minimum Gasteiger partial charge on any atom is -0.347 e. The molecule has 3 amide bonds. The Balaban J connectivity index is 1.28. The van der Waals surface area contributed by atoms with E-state index in [0.717, 1.165) is 12.0 Å². The monoisotopic (exact) mass is 461 g/mol. The quantitative estimate of drug-likeness (QED) is 0.606. The van der Waals surface area contributed by atoms with Gasteiger partial charge in [-0.3, -0.25) is 14.4 Å². The van der Waals surface area contributed by atoms with E-state index in [2.05, 4.69) is 12.2 Å². The summed E-state index contributed by atoms with van der Waals surface area (Å²) in [5.41, 5.74) is 3.44. The summed E-state index contributed by atoms with van der Waals surface area (Å²) in [7, 11) is 0. The first-order valence-corrected chi connectivity index (χ1v) is 12.0. The van der Waals surface area contributed by atoms with Gasteiger partial charge in [0.2, 0.25) is 0 Å². The van der Waals surface area contributed by atoms with Crippen LogP contribution in [0.5, 0.6) is 0 Å². The zero-order valence-electron chi connectivity index (χ0n) is 18.6. The largest absolute Gasteiger partial charge is 0.347 e. The molecule has 1 aliphatic rings. The molecule has 1 aromatic heterocycles. The zero-order chi connectivity index (χ0) is 23.2. The van der Waals surface area contributed by atoms with Crippen LogP contribution in [0.3, 0.4) is 0 Å². The van der Waals surface area contributed by atoms with Gasteiger partial charge in [0.25, 0.3) is 17.7 Å². The second-order valence-electron chi connectivity index (χ2n) is 7.99. The molecule has 0 bridgehead atoms. The van der Waals surface area contributed by atoms with Gasteiger partial charge in [-0.05, 0) is 53.3 Å². The number of nitrogens with one attached hydrogen (secondary N) is 1. The van der Waals surface area contributed by atoms with Gasteiger partial charge in [0, 0.05) is 43.9 Å². The molecule has 170 valence electrons. The second kappa shape index (κ2) is 10.4. The summed E-state index contributed by atoms with van der Waals surface area (Å²) in [6, 6.07) is 18.7. The van der Waals surface area contributed by atoms with Crippen molar-refractivity contribution in [3.8, 4) is 0 Å². The zero-order valence-corrected chi connectivity index (χ0v) is 19.4. The first-order valence-electron chi connectivity index (χ1n) is 11.1. The molecule has 0 atom stereocenters. The van der Waals surface area contributed by atoms with Crippen molar-refractivity contribution in [2.45, 2.75) is 19.9 Å². The van der Waals surface area contributed by atoms with Gasteiger partial charge >= 0.3 is 0 Å². The normalized spacial score (nSPS) is 13.6. The van der Waals surface area contributed by atoms with E-state index in [0.29, 0.717) is 48.7 Å². The number of hydrogen-bond donors (Lipinski definition) is 1.